The van der Waals surface area contributed by atoms with Crippen LogP contribution in [0.1, 0.15) is 25.0 Å². The lowest BCUT2D eigenvalue weighted by Crippen LogP contribution is -2.34. The summed E-state index contributed by atoms with van der Waals surface area (Å²) >= 11 is 0. The van der Waals surface area contributed by atoms with Gasteiger partial charge in [-0.3, -0.25) is 4.79 Å². The molecule has 21 heavy (non-hydrogen) atoms. The summed E-state index contributed by atoms with van der Waals surface area (Å²) in [6.07, 6.45) is 0. The molecule has 2 aromatic rings. The highest BCUT2D eigenvalue weighted by Gasteiger charge is 2.29. The first kappa shape index (κ1) is 15.1. The van der Waals surface area contributed by atoms with Crippen molar-refractivity contribution in [1.29, 1.82) is 0 Å². The first-order valence-electron chi connectivity index (χ1n) is 6.96. The molecule has 1 N–H and O–H groups in total. The summed E-state index contributed by atoms with van der Waals surface area (Å²) in [4.78, 5) is 12.6. The zero-order valence-corrected chi connectivity index (χ0v) is 12.9. The summed E-state index contributed by atoms with van der Waals surface area (Å²) in [6, 6.07) is 15.4. The molecular weight excluding hydrogens is 262 g/mol. The van der Waals surface area contributed by atoms with Crippen molar-refractivity contribution in [2.75, 3.05) is 12.4 Å². The van der Waals surface area contributed by atoms with Gasteiger partial charge < -0.3 is 10.1 Å². The summed E-state index contributed by atoms with van der Waals surface area (Å²) < 4.78 is 5.15. The van der Waals surface area contributed by atoms with Crippen LogP contribution < -0.4 is 10.1 Å². The van der Waals surface area contributed by atoms with Crippen LogP contribution in [0.3, 0.4) is 0 Å². The van der Waals surface area contributed by atoms with E-state index in [-0.39, 0.29) is 5.91 Å². The highest BCUT2D eigenvalue weighted by Crippen LogP contribution is 2.27. The molecule has 0 atom stereocenters. The first-order valence-corrected chi connectivity index (χ1v) is 6.96. The number of anilines is 1. The Bertz CT molecular complexity index is 630. The van der Waals surface area contributed by atoms with Gasteiger partial charge in [0.05, 0.1) is 12.5 Å². The van der Waals surface area contributed by atoms with Crippen LogP contribution in [0.15, 0.2) is 48.5 Å². The first-order chi connectivity index (χ1) is 9.93. The molecule has 2 rings (SSSR count). The lowest BCUT2D eigenvalue weighted by Gasteiger charge is -2.24. The second kappa shape index (κ2) is 6.00. The number of nitrogens with one attached hydrogen (secondary N) is 1. The predicted octanol–water partition coefficient (Wildman–Crippen LogP) is 3.92. The summed E-state index contributed by atoms with van der Waals surface area (Å²) in [5.74, 6) is 0.756. The fraction of sp³-hybridized carbons (Fsp3) is 0.278. The van der Waals surface area contributed by atoms with Gasteiger partial charge in [0.1, 0.15) is 5.75 Å². The SMILES string of the molecule is COc1ccc(C(C)(C)C(=O)Nc2cccc(C)c2)cc1. The Balaban J connectivity index is 2.19. The molecule has 0 aliphatic carbocycles. The number of benzene rings is 2. The van der Waals surface area contributed by atoms with Crippen molar-refractivity contribution < 1.29 is 9.53 Å². The van der Waals surface area contributed by atoms with E-state index >= 15 is 0 Å². The van der Waals surface area contributed by atoms with Gasteiger partial charge >= 0.3 is 0 Å². The molecule has 0 saturated heterocycles. The van der Waals surface area contributed by atoms with Crippen molar-refractivity contribution in [3.8, 4) is 5.75 Å². The Labute approximate surface area is 126 Å². The van der Waals surface area contributed by atoms with E-state index in [9.17, 15) is 4.79 Å². The van der Waals surface area contributed by atoms with Crippen molar-refractivity contribution in [3.05, 3.63) is 59.7 Å². The molecule has 0 aliphatic heterocycles. The molecule has 1 amide bonds. The van der Waals surface area contributed by atoms with E-state index in [1.54, 1.807) is 7.11 Å². The van der Waals surface area contributed by atoms with Crippen LogP contribution in [0, 0.1) is 6.92 Å². The van der Waals surface area contributed by atoms with Gasteiger partial charge in [-0.25, -0.2) is 0 Å². The van der Waals surface area contributed by atoms with E-state index in [1.807, 2.05) is 69.3 Å². The minimum absolute atomic E-state index is 0.0294. The second-order valence-corrected chi connectivity index (χ2v) is 5.68. The summed E-state index contributed by atoms with van der Waals surface area (Å²) in [7, 11) is 1.63. The van der Waals surface area contributed by atoms with Gasteiger partial charge in [0.2, 0.25) is 5.91 Å². The standard InChI is InChI=1S/C18H21NO2/c1-13-6-5-7-15(12-13)19-17(20)18(2,3)14-8-10-16(21-4)11-9-14/h5-12H,1-4H3,(H,19,20). The lowest BCUT2D eigenvalue weighted by molar-refractivity contribution is -0.120. The number of amides is 1. The third-order valence-corrected chi connectivity index (χ3v) is 3.66. The minimum Gasteiger partial charge on any atom is -0.497 e. The maximum Gasteiger partial charge on any atom is 0.234 e. The molecule has 0 aliphatic rings. The van der Waals surface area contributed by atoms with E-state index in [2.05, 4.69) is 5.32 Å². The van der Waals surface area contributed by atoms with E-state index in [0.29, 0.717) is 0 Å². The number of hydrogen-bond acceptors (Lipinski definition) is 2. The molecule has 0 bridgehead atoms. The number of carbonyl (C=O) groups excluding carboxylic acids is 1. The average molecular weight is 283 g/mol. The topological polar surface area (TPSA) is 38.3 Å². The zero-order valence-electron chi connectivity index (χ0n) is 12.9. The number of carbonyl (C=O) groups is 1. The zero-order chi connectivity index (χ0) is 15.5. The van der Waals surface area contributed by atoms with Gasteiger partial charge in [0.15, 0.2) is 0 Å². The molecule has 0 spiro atoms. The van der Waals surface area contributed by atoms with Crippen LogP contribution >= 0.6 is 0 Å². The molecule has 0 unspecified atom stereocenters. The third kappa shape index (κ3) is 3.43. The smallest absolute Gasteiger partial charge is 0.234 e. The number of ether oxygens (including phenoxy) is 1. The van der Waals surface area contributed by atoms with Gasteiger partial charge in [-0.1, -0.05) is 24.3 Å². The van der Waals surface area contributed by atoms with Crippen LogP contribution in [0.5, 0.6) is 5.75 Å². The summed E-state index contributed by atoms with van der Waals surface area (Å²) in [5.41, 5.74) is 2.28. The Kier molecular flexibility index (Phi) is 4.32. The third-order valence-electron chi connectivity index (χ3n) is 3.66. The van der Waals surface area contributed by atoms with Crippen molar-refractivity contribution in [3.63, 3.8) is 0 Å². The number of rotatable bonds is 4. The van der Waals surface area contributed by atoms with Crippen LogP contribution in [-0.4, -0.2) is 13.0 Å². The average Bonchev–Trinajstić information content (AvgIpc) is 2.47. The van der Waals surface area contributed by atoms with Gasteiger partial charge in [-0.05, 0) is 56.2 Å². The molecule has 2 aromatic carbocycles. The van der Waals surface area contributed by atoms with Crippen LogP contribution in [0.2, 0.25) is 0 Å². The lowest BCUT2D eigenvalue weighted by atomic mass is 9.83. The van der Waals surface area contributed by atoms with Crippen molar-refractivity contribution in [1.82, 2.24) is 0 Å². The minimum atomic E-state index is -0.615. The highest BCUT2D eigenvalue weighted by atomic mass is 16.5. The van der Waals surface area contributed by atoms with Gasteiger partial charge in [0, 0.05) is 5.69 Å². The van der Waals surface area contributed by atoms with Gasteiger partial charge in [0.25, 0.3) is 0 Å². The summed E-state index contributed by atoms with van der Waals surface area (Å²) in [5, 5.41) is 2.98. The van der Waals surface area contributed by atoms with Crippen LogP contribution in [0.25, 0.3) is 0 Å². The van der Waals surface area contributed by atoms with Crippen molar-refractivity contribution in [2.45, 2.75) is 26.2 Å². The quantitative estimate of drug-likeness (QED) is 0.923. The predicted molar refractivity (Wildman–Crippen MR) is 85.8 cm³/mol. The Hall–Kier alpha value is -2.29. The van der Waals surface area contributed by atoms with Crippen molar-refractivity contribution in [2.24, 2.45) is 0 Å². The molecule has 3 nitrogen and oxygen atoms in total. The van der Waals surface area contributed by atoms with E-state index in [0.717, 1.165) is 22.6 Å². The molecule has 0 aromatic heterocycles. The van der Waals surface area contributed by atoms with E-state index < -0.39 is 5.41 Å². The Morgan fingerprint density at radius 3 is 2.33 bits per heavy atom. The molecule has 3 heteroatoms. The Morgan fingerprint density at radius 1 is 1.10 bits per heavy atom. The maximum atomic E-state index is 12.6. The monoisotopic (exact) mass is 283 g/mol. The number of methoxy groups -OCH3 is 1. The normalized spacial score (nSPS) is 11.0. The molecule has 0 saturated carbocycles. The largest absolute Gasteiger partial charge is 0.497 e. The molecule has 0 radical (unpaired) electrons. The highest BCUT2D eigenvalue weighted by molar-refractivity contribution is 5.98. The van der Waals surface area contributed by atoms with E-state index in [1.165, 1.54) is 0 Å². The van der Waals surface area contributed by atoms with Crippen LogP contribution in [0.4, 0.5) is 5.69 Å². The number of hydrogen-bond donors (Lipinski definition) is 1. The fourth-order valence-corrected chi connectivity index (χ4v) is 2.15. The second-order valence-electron chi connectivity index (χ2n) is 5.68. The van der Waals surface area contributed by atoms with E-state index in [4.69, 9.17) is 4.74 Å². The molecular formula is C18H21NO2. The molecule has 110 valence electrons. The summed E-state index contributed by atoms with van der Waals surface area (Å²) in [6.45, 7) is 5.84. The maximum absolute atomic E-state index is 12.6. The van der Waals surface area contributed by atoms with Gasteiger partial charge in [-0.2, -0.15) is 0 Å². The molecule has 0 heterocycles. The van der Waals surface area contributed by atoms with Crippen molar-refractivity contribution >= 4 is 11.6 Å². The molecule has 0 fully saturated rings. The van der Waals surface area contributed by atoms with Gasteiger partial charge in [-0.15, -0.1) is 0 Å². The Morgan fingerprint density at radius 2 is 1.76 bits per heavy atom. The fourth-order valence-electron chi connectivity index (χ4n) is 2.15. The number of aryl methyl sites for hydroxylation is 1. The van der Waals surface area contributed by atoms with Crippen LogP contribution in [-0.2, 0) is 10.2 Å².